The van der Waals surface area contributed by atoms with E-state index in [1.54, 1.807) is 0 Å². The number of amides is 1. The molecule has 18 heavy (non-hydrogen) atoms. The van der Waals surface area contributed by atoms with Crippen molar-refractivity contribution in [1.29, 1.82) is 0 Å². The molecule has 1 aliphatic rings. The molecule has 0 saturated heterocycles. The van der Waals surface area contributed by atoms with Gasteiger partial charge in [0.15, 0.2) is 0 Å². The molecule has 0 aromatic carbocycles. The summed E-state index contributed by atoms with van der Waals surface area (Å²) in [6, 6.07) is 0.398. The summed E-state index contributed by atoms with van der Waals surface area (Å²) in [5.74, 6) is 0.579. The smallest absolute Gasteiger partial charge is 0.255 e. The quantitative estimate of drug-likeness (QED) is 0.868. The minimum atomic E-state index is 0.0677. The van der Waals surface area contributed by atoms with E-state index in [0.29, 0.717) is 12.0 Å². The molecule has 100 valence electrons. The summed E-state index contributed by atoms with van der Waals surface area (Å²) in [4.78, 5) is 12.3. The van der Waals surface area contributed by atoms with E-state index >= 15 is 0 Å². The first-order chi connectivity index (χ1) is 8.52. The number of hydrogen-bond acceptors (Lipinski definition) is 2. The van der Waals surface area contributed by atoms with E-state index < -0.39 is 0 Å². The van der Waals surface area contributed by atoms with Crippen molar-refractivity contribution in [2.45, 2.75) is 52.5 Å². The minimum absolute atomic E-state index is 0.0677. The van der Waals surface area contributed by atoms with Gasteiger partial charge in [0, 0.05) is 13.1 Å². The molecule has 0 bridgehead atoms. The Hall–Kier alpha value is -1.32. The highest BCUT2D eigenvalue weighted by molar-refractivity contribution is 5.97. The van der Waals surface area contributed by atoms with E-state index in [1.165, 1.54) is 0 Å². The lowest BCUT2D eigenvalue weighted by atomic mass is 10.0. The molecule has 0 radical (unpaired) electrons. The van der Waals surface area contributed by atoms with Gasteiger partial charge in [-0.05, 0) is 31.6 Å². The lowest BCUT2D eigenvalue weighted by Crippen LogP contribution is -2.27. The van der Waals surface area contributed by atoms with Crippen LogP contribution >= 0.6 is 0 Å². The van der Waals surface area contributed by atoms with Gasteiger partial charge in [-0.15, -0.1) is 0 Å². The van der Waals surface area contributed by atoms with E-state index in [9.17, 15) is 4.79 Å². The third-order valence-corrected chi connectivity index (χ3v) is 3.31. The van der Waals surface area contributed by atoms with Gasteiger partial charge in [-0.25, -0.2) is 0 Å². The van der Waals surface area contributed by atoms with E-state index in [-0.39, 0.29) is 5.91 Å². The van der Waals surface area contributed by atoms with Gasteiger partial charge < -0.3 is 5.32 Å². The third kappa shape index (κ3) is 2.74. The average Bonchev–Trinajstić information content (AvgIpc) is 3.01. The highest BCUT2D eigenvalue weighted by Crippen LogP contribution is 2.22. The second-order valence-corrected chi connectivity index (χ2v) is 5.59. The van der Waals surface area contributed by atoms with Gasteiger partial charge in [-0.1, -0.05) is 20.8 Å². The van der Waals surface area contributed by atoms with Crippen LogP contribution in [0.2, 0.25) is 0 Å². The predicted octanol–water partition coefficient (Wildman–Crippen LogP) is 2.07. The molecular formula is C14H23N3O. The van der Waals surface area contributed by atoms with Crippen molar-refractivity contribution in [3.05, 3.63) is 17.0 Å². The first-order valence-electron chi connectivity index (χ1n) is 6.88. The number of hydrogen-bond donors (Lipinski definition) is 1. The summed E-state index contributed by atoms with van der Waals surface area (Å²) < 4.78 is 1.86. The van der Waals surface area contributed by atoms with Crippen molar-refractivity contribution in [3.8, 4) is 0 Å². The molecule has 4 heteroatoms. The van der Waals surface area contributed by atoms with Crippen molar-refractivity contribution < 1.29 is 4.79 Å². The van der Waals surface area contributed by atoms with Crippen molar-refractivity contribution >= 4 is 5.91 Å². The summed E-state index contributed by atoms with van der Waals surface area (Å²) in [6.45, 7) is 6.38. The molecule has 1 aromatic rings. The fourth-order valence-corrected chi connectivity index (χ4v) is 2.30. The second kappa shape index (κ2) is 5.12. The second-order valence-electron chi connectivity index (χ2n) is 5.59. The van der Waals surface area contributed by atoms with Gasteiger partial charge in [-0.2, -0.15) is 5.10 Å². The number of aryl methyl sites for hydroxylation is 1. The number of nitrogens with zero attached hydrogens (tertiary/aromatic N) is 2. The number of nitrogens with one attached hydrogen (secondary N) is 1. The summed E-state index contributed by atoms with van der Waals surface area (Å²) >= 11 is 0. The molecule has 1 saturated carbocycles. The zero-order valence-corrected chi connectivity index (χ0v) is 11.8. The molecule has 1 N–H and O–H groups in total. The van der Waals surface area contributed by atoms with E-state index in [1.807, 2.05) is 11.7 Å². The maximum Gasteiger partial charge on any atom is 0.255 e. The molecule has 1 aromatic heterocycles. The first kappa shape index (κ1) is 13.1. The molecule has 1 fully saturated rings. The van der Waals surface area contributed by atoms with Crippen molar-refractivity contribution in [2.24, 2.45) is 13.0 Å². The van der Waals surface area contributed by atoms with Gasteiger partial charge in [0.05, 0.1) is 17.0 Å². The third-order valence-electron chi connectivity index (χ3n) is 3.31. The maximum absolute atomic E-state index is 12.3. The summed E-state index contributed by atoms with van der Waals surface area (Å²) in [5.41, 5.74) is 2.81. The Kier molecular flexibility index (Phi) is 3.73. The molecule has 1 heterocycles. The topological polar surface area (TPSA) is 46.9 Å². The van der Waals surface area contributed by atoms with Crippen LogP contribution in [0.1, 0.15) is 55.4 Å². The van der Waals surface area contributed by atoms with Crippen LogP contribution in [0.3, 0.4) is 0 Å². The maximum atomic E-state index is 12.3. The number of carbonyl (C=O) groups excluding carboxylic acids is 1. The fraction of sp³-hybridized carbons (Fsp3) is 0.714. The Labute approximate surface area is 109 Å². The lowest BCUT2D eigenvalue weighted by molar-refractivity contribution is 0.0949. The van der Waals surface area contributed by atoms with Crippen molar-refractivity contribution in [3.63, 3.8) is 0 Å². The molecule has 0 atom stereocenters. The van der Waals surface area contributed by atoms with Gasteiger partial charge >= 0.3 is 0 Å². The Morgan fingerprint density at radius 2 is 2.17 bits per heavy atom. The molecule has 4 nitrogen and oxygen atoms in total. The standard InChI is InChI=1S/C14H23N3O/c1-5-12-13(14(18)15-10-6-7-10)11(8-9(2)3)16-17(12)4/h9-10H,5-8H2,1-4H3,(H,15,18). The molecular weight excluding hydrogens is 226 g/mol. The van der Waals surface area contributed by atoms with Crippen LogP contribution in [0.15, 0.2) is 0 Å². The summed E-state index contributed by atoms with van der Waals surface area (Å²) in [7, 11) is 1.93. The van der Waals surface area contributed by atoms with Crippen molar-refractivity contribution in [1.82, 2.24) is 15.1 Å². The largest absolute Gasteiger partial charge is 0.349 e. The van der Waals surface area contributed by atoms with E-state index in [0.717, 1.165) is 42.6 Å². The fourth-order valence-electron chi connectivity index (χ4n) is 2.30. The van der Waals surface area contributed by atoms with Gasteiger partial charge in [0.25, 0.3) is 5.91 Å². The average molecular weight is 249 g/mol. The molecule has 0 spiro atoms. The summed E-state index contributed by atoms with van der Waals surface area (Å²) in [5, 5.41) is 7.61. The van der Waals surface area contributed by atoms with Crippen molar-refractivity contribution in [2.75, 3.05) is 0 Å². The van der Waals surface area contributed by atoms with Crippen LogP contribution in [0.5, 0.6) is 0 Å². The normalized spacial score (nSPS) is 15.2. The van der Waals surface area contributed by atoms with Crippen LogP contribution in [0.4, 0.5) is 0 Å². The number of rotatable bonds is 5. The van der Waals surface area contributed by atoms with Crippen LogP contribution in [-0.4, -0.2) is 21.7 Å². The minimum Gasteiger partial charge on any atom is -0.349 e. The zero-order valence-electron chi connectivity index (χ0n) is 11.8. The SMILES string of the molecule is CCc1c(C(=O)NC2CC2)c(CC(C)C)nn1C. The number of carbonyl (C=O) groups is 1. The molecule has 1 amide bonds. The van der Waals surface area contributed by atoms with Gasteiger partial charge in [0.2, 0.25) is 0 Å². The van der Waals surface area contributed by atoms with E-state index in [2.05, 4.69) is 31.2 Å². The molecule has 0 aliphatic heterocycles. The monoisotopic (exact) mass is 249 g/mol. The van der Waals surface area contributed by atoms with Crippen LogP contribution in [0, 0.1) is 5.92 Å². The Morgan fingerprint density at radius 1 is 1.50 bits per heavy atom. The molecule has 0 unspecified atom stereocenters. The molecule has 2 rings (SSSR count). The Balaban J connectivity index is 2.30. The predicted molar refractivity (Wildman–Crippen MR) is 71.6 cm³/mol. The highest BCUT2D eigenvalue weighted by Gasteiger charge is 2.28. The Bertz CT molecular complexity index is 444. The van der Waals surface area contributed by atoms with Crippen LogP contribution < -0.4 is 5.32 Å². The Morgan fingerprint density at radius 3 is 2.67 bits per heavy atom. The first-order valence-corrected chi connectivity index (χ1v) is 6.88. The van der Waals surface area contributed by atoms with Crippen LogP contribution in [0.25, 0.3) is 0 Å². The van der Waals surface area contributed by atoms with Crippen LogP contribution in [-0.2, 0) is 19.9 Å². The van der Waals surface area contributed by atoms with Gasteiger partial charge in [-0.3, -0.25) is 9.48 Å². The van der Waals surface area contributed by atoms with Gasteiger partial charge in [0.1, 0.15) is 0 Å². The lowest BCUT2D eigenvalue weighted by Gasteiger charge is -2.07. The highest BCUT2D eigenvalue weighted by atomic mass is 16.1. The van der Waals surface area contributed by atoms with E-state index in [4.69, 9.17) is 0 Å². The number of aromatic nitrogens is 2. The zero-order chi connectivity index (χ0) is 13.3. The summed E-state index contributed by atoms with van der Waals surface area (Å²) in [6.07, 6.45) is 3.94. The molecule has 1 aliphatic carbocycles.